The molecule has 2 atom stereocenters. The number of nitrogens with zero attached hydrogens (tertiary/aromatic N) is 3. The Morgan fingerprint density at radius 1 is 1.00 bits per heavy atom. The van der Waals surface area contributed by atoms with Crippen molar-refractivity contribution in [2.45, 2.75) is 18.5 Å². The predicted octanol–water partition coefficient (Wildman–Crippen LogP) is 4.19. The molecule has 1 aliphatic heterocycles. The number of hydrogen-bond donors (Lipinski definition) is 1. The standard InChI is InChI=1S/C17H15BrN4/c18-14-8-6-13(7-9-14)16-10-15(12-4-2-1-3-5-12)21-17-19-11-20-22(16)17/h1-9,11,15-16H,10H2,(H,19,20,21)/t15-,16+/m0/s1. The molecule has 4 nitrogen and oxygen atoms in total. The average molecular weight is 355 g/mol. The summed E-state index contributed by atoms with van der Waals surface area (Å²) in [5.74, 6) is 0.827. The monoisotopic (exact) mass is 354 g/mol. The zero-order valence-electron chi connectivity index (χ0n) is 11.9. The SMILES string of the molecule is Brc1ccc([C@H]2C[C@@H](c3ccccc3)Nc3ncnn32)cc1. The summed E-state index contributed by atoms with van der Waals surface area (Å²) in [4.78, 5) is 4.36. The van der Waals surface area contributed by atoms with Gasteiger partial charge in [-0.05, 0) is 29.7 Å². The van der Waals surface area contributed by atoms with E-state index >= 15 is 0 Å². The van der Waals surface area contributed by atoms with Gasteiger partial charge >= 0.3 is 0 Å². The number of halogens is 1. The van der Waals surface area contributed by atoms with Gasteiger partial charge < -0.3 is 5.32 Å². The summed E-state index contributed by atoms with van der Waals surface area (Å²) in [7, 11) is 0. The lowest BCUT2D eigenvalue weighted by Gasteiger charge is -2.31. The third-order valence-electron chi connectivity index (χ3n) is 4.09. The summed E-state index contributed by atoms with van der Waals surface area (Å²) in [5.41, 5.74) is 2.52. The van der Waals surface area contributed by atoms with E-state index in [-0.39, 0.29) is 12.1 Å². The Morgan fingerprint density at radius 2 is 1.77 bits per heavy atom. The number of benzene rings is 2. The van der Waals surface area contributed by atoms with Crippen LogP contribution in [0.1, 0.15) is 29.6 Å². The fourth-order valence-electron chi connectivity index (χ4n) is 2.99. The zero-order valence-corrected chi connectivity index (χ0v) is 13.4. The Hall–Kier alpha value is -2.14. The molecule has 0 bridgehead atoms. The highest BCUT2D eigenvalue weighted by Gasteiger charge is 2.29. The van der Waals surface area contributed by atoms with Crippen molar-refractivity contribution in [3.05, 3.63) is 76.5 Å². The van der Waals surface area contributed by atoms with Crippen LogP contribution in [0.5, 0.6) is 0 Å². The molecule has 4 rings (SSSR count). The molecule has 0 saturated carbocycles. The van der Waals surface area contributed by atoms with E-state index in [9.17, 15) is 0 Å². The third-order valence-corrected chi connectivity index (χ3v) is 4.62. The summed E-state index contributed by atoms with van der Waals surface area (Å²) in [6.45, 7) is 0. The minimum Gasteiger partial charge on any atom is -0.348 e. The van der Waals surface area contributed by atoms with Gasteiger partial charge in [-0.2, -0.15) is 10.1 Å². The Balaban J connectivity index is 1.73. The molecule has 0 fully saturated rings. The molecule has 22 heavy (non-hydrogen) atoms. The van der Waals surface area contributed by atoms with Gasteiger partial charge in [0, 0.05) is 4.47 Å². The van der Waals surface area contributed by atoms with Crippen LogP contribution in [0.3, 0.4) is 0 Å². The summed E-state index contributed by atoms with van der Waals surface area (Å²) < 4.78 is 3.06. The van der Waals surface area contributed by atoms with E-state index in [0.29, 0.717) is 0 Å². The first kappa shape index (κ1) is 13.5. The van der Waals surface area contributed by atoms with Crippen molar-refractivity contribution in [3.8, 4) is 0 Å². The lowest BCUT2D eigenvalue weighted by atomic mass is 9.93. The van der Waals surface area contributed by atoms with Gasteiger partial charge in [-0.25, -0.2) is 4.68 Å². The van der Waals surface area contributed by atoms with Gasteiger partial charge in [0.2, 0.25) is 5.95 Å². The summed E-state index contributed by atoms with van der Waals surface area (Å²) in [6, 6.07) is 19.4. The molecule has 5 heteroatoms. The Morgan fingerprint density at radius 3 is 2.55 bits per heavy atom. The molecule has 0 radical (unpaired) electrons. The van der Waals surface area contributed by atoms with E-state index in [1.807, 2.05) is 10.7 Å². The third kappa shape index (κ3) is 2.41. The summed E-state index contributed by atoms with van der Waals surface area (Å²) in [6.07, 6.45) is 2.56. The molecule has 0 amide bonds. The summed E-state index contributed by atoms with van der Waals surface area (Å²) >= 11 is 3.50. The highest BCUT2D eigenvalue weighted by atomic mass is 79.9. The van der Waals surface area contributed by atoms with Crippen molar-refractivity contribution in [2.75, 3.05) is 5.32 Å². The van der Waals surface area contributed by atoms with Crippen LogP contribution in [-0.2, 0) is 0 Å². The topological polar surface area (TPSA) is 42.7 Å². The van der Waals surface area contributed by atoms with Crippen molar-refractivity contribution in [2.24, 2.45) is 0 Å². The molecule has 1 N–H and O–H groups in total. The lowest BCUT2D eigenvalue weighted by Crippen LogP contribution is -2.28. The number of nitrogens with one attached hydrogen (secondary N) is 1. The highest BCUT2D eigenvalue weighted by molar-refractivity contribution is 9.10. The van der Waals surface area contributed by atoms with Crippen LogP contribution in [0.15, 0.2) is 65.4 Å². The van der Waals surface area contributed by atoms with E-state index < -0.39 is 0 Å². The second-order valence-corrected chi connectivity index (χ2v) is 6.35. The van der Waals surface area contributed by atoms with Gasteiger partial charge in [-0.1, -0.05) is 58.4 Å². The van der Waals surface area contributed by atoms with Gasteiger partial charge in [0.15, 0.2) is 0 Å². The molecule has 2 aromatic carbocycles. The van der Waals surface area contributed by atoms with Gasteiger partial charge in [0.1, 0.15) is 6.33 Å². The van der Waals surface area contributed by atoms with Crippen LogP contribution in [0.2, 0.25) is 0 Å². The molecule has 0 spiro atoms. The smallest absolute Gasteiger partial charge is 0.222 e. The first-order valence-electron chi connectivity index (χ1n) is 7.28. The normalized spacial score (nSPS) is 20.2. The number of fused-ring (bicyclic) bond motifs is 1. The van der Waals surface area contributed by atoms with E-state index in [4.69, 9.17) is 0 Å². The number of hydrogen-bond acceptors (Lipinski definition) is 3. The number of anilines is 1. The second-order valence-electron chi connectivity index (χ2n) is 5.44. The van der Waals surface area contributed by atoms with Gasteiger partial charge in [-0.3, -0.25) is 0 Å². The maximum Gasteiger partial charge on any atom is 0.222 e. The van der Waals surface area contributed by atoms with E-state index in [2.05, 4.69) is 79.9 Å². The molecule has 0 saturated heterocycles. The maximum absolute atomic E-state index is 4.40. The maximum atomic E-state index is 4.40. The van der Waals surface area contributed by atoms with Gasteiger partial charge in [-0.15, -0.1) is 0 Å². The number of rotatable bonds is 2. The molecule has 0 unspecified atom stereocenters. The van der Waals surface area contributed by atoms with Crippen molar-refractivity contribution < 1.29 is 0 Å². The quantitative estimate of drug-likeness (QED) is 0.750. The van der Waals surface area contributed by atoms with E-state index in [0.717, 1.165) is 16.8 Å². The Bertz CT molecular complexity index is 767. The molecule has 0 aliphatic carbocycles. The van der Waals surface area contributed by atoms with Crippen molar-refractivity contribution >= 4 is 21.9 Å². The van der Waals surface area contributed by atoms with Crippen LogP contribution < -0.4 is 5.32 Å². The van der Waals surface area contributed by atoms with Crippen LogP contribution in [0.4, 0.5) is 5.95 Å². The van der Waals surface area contributed by atoms with Crippen molar-refractivity contribution in [1.29, 1.82) is 0 Å². The first-order chi connectivity index (χ1) is 10.8. The average Bonchev–Trinajstić information content (AvgIpc) is 3.04. The molecule has 2 heterocycles. The van der Waals surface area contributed by atoms with Gasteiger partial charge in [0.25, 0.3) is 0 Å². The molecule has 3 aromatic rings. The number of aromatic nitrogens is 3. The lowest BCUT2D eigenvalue weighted by molar-refractivity contribution is 0.431. The Kier molecular flexibility index (Phi) is 3.42. The second kappa shape index (κ2) is 5.57. The largest absolute Gasteiger partial charge is 0.348 e. The van der Waals surface area contributed by atoms with Gasteiger partial charge in [0.05, 0.1) is 12.1 Å². The molecule has 110 valence electrons. The van der Waals surface area contributed by atoms with Crippen LogP contribution in [-0.4, -0.2) is 14.8 Å². The van der Waals surface area contributed by atoms with E-state index in [1.54, 1.807) is 6.33 Å². The first-order valence-corrected chi connectivity index (χ1v) is 8.07. The minimum atomic E-state index is 0.192. The van der Waals surface area contributed by atoms with Crippen LogP contribution in [0.25, 0.3) is 0 Å². The fourth-order valence-corrected chi connectivity index (χ4v) is 3.25. The molecular formula is C17H15BrN4. The van der Waals surface area contributed by atoms with Crippen LogP contribution in [0, 0.1) is 0 Å². The summed E-state index contributed by atoms with van der Waals surface area (Å²) in [5, 5.41) is 7.88. The van der Waals surface area contributed by atoms with Crippen LogP contribution >= 0.6 is 15.9 Å². The molecule has 1 aromatic heterocycles. The minimum absolute atomic E-state index is 0.192. The Labute approximate surface area is 137 Å². The fraction of sp³-hybridized carbons (Fsp3) is 0.176. The van der Waals surface area contributed by atoms with E-state index in [1.165, 1.54) is 11.1 Å². The predicted molar refractivity (Wildman–Crippen MR) is 89.7 cm³/mol. The van der Waals surface area contributed by atoms with Crippen molar-refractivity contribution in [1.82, 2.24) is 14.8 Å². The zero-order chi connectivity index (χ0) is 14.9. The van der Waals surface area contributed by atoms with Crippen molar-refractivity contribution in [3.63, 3.8) is 0 Å². The molecule has 1 aliphatic rings. The highest BCUT2D eigenvalue weighted by Crippen LogP contribution is 2.37. The molecular weight excluding hydrogens is 340 g/mol.